The van der Waals surface area contributed by atoms with E-state index in [0.29, 0.717) is 6.07 Å². The maximum absolute atomic E-state index is 13.6. The van der Waals surface area contributed by atoms with Crippen molar-refractivity contribution in [1.29, 1.82) is 0 Å². The Bertz CT molecular complexity index is 531. The van der Waals surface area contributed by atoms with Crippen LogP contribution in [0.5, 0.6) is 0 Å². The van der Waals surface area contributed by atoms with Gasteiger partial charge < -0.3 is 5.73 Å². The zero-order valence-electron chi connectivity index (χ0n) is 8.73. The molecule has 17 heavy (non-hydrogen) atoms. The molecular formula is C9H8ClF2N5. The van der Waals surface area contributed by atoms with E-state index >= 15 is 0 Å². The predicted octanol–water partition coefficient (Wildman–Crippen LogP) is 1.61. The Morgan fingerprint density at radius 1 is 1.41 bits per heavy atom. The van der Waals surface area contributed by atoms with Gasteiger partial charge in [0.15, 0.2) is 11.6 Å². The van der Waals surface area contributed by atoms with E-state index in [9.17, 15) is 8.78 Å². The summed E-state index contributed by atoms with van der Waals surface area (Å²) in [5.41, 5.74) is 5.50. The lowest BCUT2D eigenvalue weighted by Gasteiger charge is -2.09. The lowest BCUT2D eigenvalue weighted by atomic mass is 10.2. The van der Waals surface area contributed by atoms with Gasteiger partial charge in [-0.2, -0.15) is 4.68 Å². The van der Waals surface area contributed by atoms with E-state index in [1.54, 1.807) is 6.92 Å². The van der Waals surface area contributed by atoms with Gasteiger partial charge in [-0.1, -0.05) is 11.6 Å². The van der Waals surface area contributed by atoms with Crippen molar-refractivity contribution in [2.24, 2.45) is 5.73 Å². The van der Waals surface area contributed by atoms with Gasteiger partial charge in [0.05, 0.1) is 11.1 Å². The first-order valence-electron chi connectivity index (χ1n) is 4.69. The molecule has 2 rings (SSSR count). The Morgan fingerprint density at radius 2 is 2.12 bits per heavy atom. The topological polar surface area (TPSA) is 69.6 Å². The fourth-order valence-electron chi connectivity index (χ4n) is 1.37. The van der Waals surface area contributed by atoms with E-state index in [0.717, 1.165) is 10.7 Å². The van der Waals surface area contributed by atoms with Gasteiger partial charge in [0.25, 0.3) is 0 Å². The molecule has 0 aliphatic rings. The zero-order valence-corrected chi connectivity index (χ0v) is 9.49. The molecule has 0 saturated heterocycles. The molecule has 1 unspecified atom stereocenters. The second kappa shape index (κ2) is 4.34. The normalized spacial score (nSPS) is 12.8. The highest BCUT2D eigenvalue weighted by Crippen LogP contribution is 2.25. The highest BCUT2D eigenvalue weighted by molar-refractivity contribution is 6.32. The number of tetrazole rings is 1. The summed E-state index contributed by atoms with van der Waals surface area (Å²) in [4.78, 5) is 0. The number of nitrogens with two attached hydrogens (primary N) is 1. The third-order valence-electron chi connectivity index (χ3n) is 2.09. The molecule has 0 bridgehead atoms. The lowest BCUT2D eigenvalue weighted by Crippen LogP contribution is -2.14. The van der Waals surface area contributed by atoms with Gasteiger partial charge in [0.1, 0.15) is 11.5 Å². The van der Waals surface area contributed by atoms with Crippen LogP contribution in [0.3, 0.4) is 0 Å². The first-order chi connectivity index (χ1) is 8.00. The van der Waals surface area contributed by atoms with Crippen LogP contribution >= 0.6 is 11.6 Å². The smallest absolute Gasteiger partial charge is 0.173 e. The summed E-state index contributed by atoms with van der Waals surface area (Å²) in [6.45, 7) is 1.64. The monoisotopic (exact) mass is 259 g/mol. The molecule has 0 aliphatic carbocycles. The number of hydrogen-bond acceptors (Lipinski definition) is 4. The standard InChI is InChI=1S/C9H8ClF2N5/c1-4(13)9-14-15-16-17(9)8-6(10)2-5(11)3-7(8)12/h2-4H,13H2,1H3. The van der Waals surface area contributed by atoms with Gasteiger partial charge in [-0.05, 0) is 23.4 Å². The molecule has 2 aromatic rings. The predicted molar refractivity (Wildman–Crippen MR) is 56.7 cm³/mol. The van der Waals surface area contributed by atoms with E-state index in [2.05, 4.69) is 15.5 Å². The molecule has 90 valence electrons. The number of hydrogen-bond donors (Lipinski definition) is 1. The average Bonchev–Trinajstić information content (AvgIpc) is 2.64. The molecule has 0 aliphatic heterocycles. The lowest BCUT2D eigenvalue weighted by molar-refractivity contribution is 0.566. The molecule has 0 saturated carbocycles. The average molecular weight is 260 g/mol. The molecule has 0 radical (unpaired) electrons. The van der Waals surface area contributed by atoms with Crippen molar-refractivity contribution < 1.29 is 8.78 Å². The van der Waals surface area contributed by atoms with E-state index in [4.69, 9.17) is 17.3 Å². The van der Waals surface area contributed by atoms with Gasteiger partial charge in [-0.3, -0.25) is 0 Å². The fourth-order valence-corrected chi connectivity index (χ4v) is 1.65. The van der Waals surface area contributed by atoms with E-state index in [1.165, 1.54) is 0 Å². The van der Waals surface area contributed by atoms with Crippen LogP contribution in [0.15, 0.2) is 12.1 Å². The quantitative estimate of drug-likeness (QED) is 0.890. The summed E-state index contributed by atoms with van der Waals surface area (Å²) in [5, 5.41) is 10.5. The van der Waals surface area contributed by atoms with Gasteiger partial charge >= 0.3 is 0 Å². The molecule has 1 atom stereocenters. The summed E-state index contributed by atoms with van der Waals surface area (Å²) in [7, 11) is 0. The summed E-state index contributed by atoms with van der Waals surface area (Å²) >= 11 is 5.77. The Hall–Kier alpha value is -1.60. The van der Waals surface area contributed by atoms with Crippen LogP contribution in [0.4, 0.5) is 8.78 Å². The minimum Gasteiger partial charge on any atom is -0.321 e. The first kappa shape index (κ1) is 11.9. The second-order valence-electron chi connectivity index (χ2n) is 3.46. The zero-order chi connectivity index (χ0) is 12.6. The first-order valence-corrected chi connectivity index (χ1v) is 5.07. The maximum atomic E-state index is 13.6. The molecule has 1 heterocycles. The van der Waals surface area contributed by atoms with E-state index < -0.39 is 17.7 Å². The number of halogens is 3. The maximum Gasteiger partial charge on any atom is 0.173 e. The third kappa shape index (κ3) is 2.11. The van der Waals surface area contributed by atoms with Crippen LogP contribution in [0.25, 0.3) is 5.69 Å². The molecule has 1 aromatic carbocycles. The van der Waals surface area contributed by atoms with Crippen LogP contribution in [0.2, 0.25) is 5.02 Å². The Kier molecular flexibility index (Phi) is 3.03. The van der Waals surface area contributed by atoms with Gasteiger partial charge in [-0.15, -0.1) is 5.10 Å². The van der Waals surface area contributed by atoms with Crippen molar-refractivity contribution in [3.63, 3.8) is 0 Å². The molecule has 0 fully saturated rings. The van der Waals surface area contributed by atoms with Crippen molar-refractivity contribution in [3.8, 4) is 5.69 Å². The molecule has 0 spiro atoms. The molecule has 2 N–H and O–H groups in total. The number of aromatic nitrogens is 4. The van der Waals surface area contributed by atoms with Crippen molar-refractivity contribution >= 4 is 11.6 Å². The fraction of sp³-hybridized carbons (Fsp3) is 0.222. The SMILES string of the molecule is CC(N)c1nnnn1-c1c(F)cc(F)cc1Cl. The summed E-state index contributed by atoms with van der Waals surface area (Å²) in [6.07, 6.45) is 0. The molecule has 1 aromatic heterocycles. The summed E-state index contributed by atoms with van der Waals surface area (Å²) in [6, 6.07) is 1.17. The molecular weight excluding hydrogens is 252 g/mol. The Balaban J connectivity index is 2.64. The molecule has 8 heteroatoms. The van der Waals surface area contributed by atoms with Crippen LogP contribution < -0.4 is 5.73 Å². The van der Waals surface area contributed by atoms with E-state index in [-0.39, 0.29) is 16.5 Å². The van der Waals surface area contributed by atoms with Crippen LogP contribution in [0, 0.1) is 11.6 Å². The summed E-state index contributed by atoms with van der Waals surface area (Å²) in [5.74, 6) is -1.40. The third-order valence-corrected chi connectivity index (χ3v) is 2.38. The Labute approximate surface area is 100 Å². The molecule has 5 nitrogen and oxygen atoms in total. The van der Waals surface area contributed by atoms with Crippen LogP contribution in [-0.4, -0.2) is 20.2 Å². The van der Waals surface area contributed by atoms with Crippen molar-refractivity contribution in [2.45, 2.75) is 13.0 Å². The Morgan fingerprint density at radius 3 is 2.71 bits per heavy atom. The minimum atomic E-state index is -0.857. The van der Waals surface area contributed by atoms with Gasteiger partial charge in [-0.25, -0.2) is 8.78 Å². The van der Waals surface area contributed by atoms with Crippen molar-refractivity contribution in [3.05, 3.63) is 34.6 Å². The number of benzene rings is 1. The van der Waals surface area contributed by atoms with Crippen LogP contribution in [0.1, 0.15) is 18.8 Å². The highest BCUT2D eigenvalue weighted by Gasteiger charge is 2.19. The minimum absolute atomic E-state index is 0.120. The van der Waals surface area contributed by atoms with Gasteiger partial charge in [0, 0.05) is 6.07 Å². The van der Waals surface area contributed by atoms with Gasteiger partial charge in [0.2, 0.25) is 0 Å². The van der Waals surface area contributed by atoms with E-state index in [1.807, 2.05) is 0 Å². The largest absolute Gasteiger partial charge is 0.321 e. The number of rotatable bonds is 2. The highest BCUT2D eigenvalue weighted by atomic mass is 35.5. The van der Waals surface area contributed by atoms with Crippen molar-refractivity contribution in [2.75, 3.05) is 0 Å². The molecule has 0 amide bonds. The van der Waals surface area contributed by atoms with Crippen LogP contribution in [-0.2, 0) is 0 Å². The second-order valence-corrected chi connectivity index (χ2v) is 3.86. The van der Waals surface area contributed by atoms with Crippen molar-refractivity contribution in [1.82, 2.24) is 20.2 Å². The summed E-state index contributed by atoms with van der Waals surface area (Å²) < 4.78 is 27.6. The number of nitrogens with zero attached hydrogens (tertiary/aromatic N) is 4.